The van der Waals surface area contributed by atoms with Gasteiger partial charge in [-0.3, -0.25) is 0 Å². The highest BCUT2D eigenvalue weighted by atomic mass is 35.5. The molecule has 0 saturated heterocycles. The van der Waals surface area contributed by atoms with Crippen LogP contribution in [0.4, 0.5) is 0 Å². The smallest absolute Gasteiger partial charge is 0.0717 e. The molecular formula is C18H22ClNO2. The molecule has 0 fully saturated rings. The molecule has 3 nitrogen and oxygen atoms in total. The van der Waals surface area contributed by atoms with Gasteiger partial charge in [0.25, 0.3) is 0 Å². The lowest BCUT2D eigenvalue weighted by Crippen LogP contribution is -2.23. The minimum absolute atomic E-state index is 0.0742. The predicted molar refractivity (Wildman–Crippen MR) is 89.9 cm³/mol. The number of aliphatic hydroxyl groups is 1. The highest BCUT2D eigenvalue weighted by molar-refractivity contribution is 6.30. The van der Waals surface area contributed by atoms with Gasteiger partial charge < -0.3 is 15.2 Å². The van der Waals surface area contributed by atoms with Gasteiger partial charge in [0, 0.05) is 17.6 Å². The third-order valence-electron chi connectivity index (χ3n) is 3.51. The maximum Gasteiger partial charge on any atom is 0.0717 e. The van der Waals surface area contributed by atoms with Crippen molar-refractivity contribution in [2.45, 2.75) is 26.2 Å². The van der Waals surface area contributed by atoms with Crippen LogP contribution in [0, 0.1) is 0 Å². The van der Waals surface area contributed by atoms with Crippen molar-refractivity contribution in [3.8, 4) is 0 Å². The number of halogens is 1. The number of benzene rings is 2. The zero-order valence-corrected chi connectivity index (χ0v) is 13.5. The van der Waals surface area contributed by atoms with E-state index in [1.165, 1.54) is 5.56 Å². The molecule has 118 valence electrons. The van der Waals surface area contributed by atoms with Gasteiger partial charge in [0.05, 0.1) is 19.8 Å². The molecule has 2 aromatic rings. The van der Waals surface area contributed by atoms with Crippen LogP contribution in [0.3, 0.4) is 0 Å². The largest absolute Gasteiger partial charge is 0.392 e. The van der Waals surface area contributed by atoms with Gasteiger partial charge in [-0.1, -0.05) is 48.0 Å². The van der Waals surface area contributed by atoms with Gasteiger partial charge in [-0.25, -0.2) is 0 Å². The quantitative estimate of drug-likeness (QED) is 0.729. The van der Waals surface area contributed by atoms with Gasteiger partial charge in [0.2, 0.25) is 0 Å². The van der Waals surface area contributed by atoms with Crippen LogP contribution in [-0.2, 0) is 18.0 Å². The van der Waals surface area contributed by atoms with E-state index in [2.05, 4.69) is 18.3 Å². The van der Waals surface area contributed by atoms with E-state index >= 15 is 0 Å². The fourth-order valence-corrected chi connectivity index (χ4v) is 2.32. The van der Waals surface area contributed by atoms with Crippen LogP contribution in [0.1, 0.15) is 29.7 Å². The number of aliphatic hydroxyl groups excluding tert-OH is 1. The molecule has 0 saturated carbocycles. The van der Waals surface area contributed by atoms with Gasteiger partial charge in [0.15, 0.2) is 0 Å². The molecule has 2 aromatic carbocycles. The van der Waals surface area contributed by atoms with Crippen molar-refractivity contribution in [2.24, 2.45) is 0 Å². The monoisotopic (exact) mass is 319 g/mol. The van der Waals surface area contributed by atoms with Gasteiger partial charge in [0.1, 0.15) is 0 Å². The summed E-state index contributed by atoms with van der Waals surface area (Å²) in [4.78, 5) is 0. The minimum Gasteiger partial charge on any atom is -0.392 e. The zero-order chi connectivity index (χ0) is 15.8. The molecule has 0 aliphatic heterocycles. The molecule has 22 heavy (non-hydrogen) atoms. The van der Waals surface area contributed by atoms with Crippen LogP contribution in [0.2, 0.25) is 5.02 Å². The Kier molecular flexibility index (Phi) is 6.87. The summed E-state index contributed by atoms with van der Waals surface area (Å²) in [5.74, 6) is 0. The van der Waals surface area contributed by atoms with Crippen molar-refractivity contribution >= 4 is 11.6 Å². The summed E-state index contributed by atoms with van der Waals surface area (Å²) in [6, 6.07) is 15.9. The van der Waals surface area contributed by atoms with E-state index in [4.69, 9.17) is 21.4 Å². The molecule has 0 radical (unpaired) electrons. The molecule has 2 N–H and O–H groups in total. The predicted octanol–water partition coefficient (Wildman–Crippen LogP) is 3.70. The summed E-state index contributed by atoms with van der Waals surface area (Å²) in [5, 5.41) is 13.3. The molecular weight excluding hydrogens is 298 g/mol. The first-order chi connectivity index (χ1) is 10.7. The number of ether oxygens (including phenoxy) is 1. The Balaban J connectivity index is 1.68. The fraction of sp³-hybridized carbons (Fsp3) is 0.333. The molecule has 4 heteroatoms. The zero-order valence-electron chi connectivity index (χ0n) is 12.8. The second-order valence-corrected chi connectivity index (χ2v) is 5.69. The van der Waals surface area contributed by atoms with E-state index in [0.717, 1.165) is 22.7 Å². The topological polar surface area (TPSA) is 41.5 Å². The van der Waals surface area contributed by atoms with Gasteiger partial charge >= 0.3 is 0 Å². The van der Waals surface area contributed by atoms with Gasteiger partial charge in [-0.05, 0) is 35.7 Å². The summed E-state index contributed by atoms with van der Waals surface area (Å²) < 4.78 is 5.65. The van der Waals surface area contributed by atoms with E-state index in [1.807, 2.05) is 42.5 Å². The number of rotatable bonds is 8. The molecule has 0 spiro atoms. The number of hydrogen-bond acceptors (Lipinski definition) is 3. The first-order valence-electron chi connectivity index (χ1n) is 7.44. The summed E-state index contributed by atoms with van der Waals surface area (Å²) in [5.41, 5.74) is 3.22. The lowest BCUT2D eigenvalue weighted by atomic mass is 10.1. The van der Waals surface area contributed by atoms with E-state index in [0.29, 0.717) is 13.2 Å². The standard InChI is InChI=1S/C18H22ClNO2/c1-14(17-4-2-3-16(11-17)12-21)20-9-10-22-13-15-5-7-18(19)8-6-15/h2-8,11,14,20-21H,9-10,12-13H2,1H3. The highest BCUT2D eigenvalue weighted by Crippen LogP contribution is 2.14. The lowest BCUT2D eigenvalue weighted by Gasteiger charge is -2.15. The van der Waals surface area contributed by atoms with Gasteiger partial charge in [-0.15, -0.1) is 0 Å². The summed E-state index contributed by atoms with van der Waals surface area (Å²) in [6.45, 7) is 4.19. The Hall–Kier alpha value is -1.39. The van der Waals surface area contributed by atoms with E-state index in [-0.39, 0.29) is 12.6 Å². The molecule has 0 aliphatic carbocycles. The normalized spacial score (nSPS) is 12.3. The summed E-state index contributed by atoms with van der Waals surface area (Å²) >= 11 is 5.84. The van der Waals surface area contributed by atoms with Crippen LogP contribution < -0.4 is 5.32 Å². The van der Waals surface area contributed by atoms with Crippen molar-refractivity contribution in [3.05, 3.63) is 70.2 Å². The Morgan fingerprint density at radius 2 is 1.91 bits per heavy atom. The molecule has 0 aromatic heterocycles. The molecule has 2 rings (SSSR count). The average molecular weight is 320 g/mol. The van der Waals surface area contributed by atoms with E-state index in [1.54, 1.807) is 0 Å². The third-order valence-corrected chi connectivity index (χ3v) is 3.76. The van der Waals surface area contributed by atoms with Crippen molar-refractivity contribution in [1.29, 1.82) is 0 Å². The van der Waals surface area contributed by atoms with Gasteiger partial charge in [-0.2, -0.15) is 0 Å². The van der Waals surface area contributed by atoms with Crippen LogP contribution >= 0.6 is 11.6 Å². The summed E-state index contributed by atoms with van der Waals surface area (Å²) in [7, 11) is 0. The first-order valence-corrected chi connectivity index (χ1v) is 7.82. The Labute approximate surface area is 136 Å². The van der Waals surface area contributed by atoms with Crippen molar-refractivity contribution in [2.75, 3.05) is 13.2 Å². The number of nitrogens with one attached hydrogen (secondary N) is 1. The fourth-order valence-electron chi connectivity index (χ4n) is 2.20. The minimum atomic E-state index is 0.0742. The van der Waals surface area contributed by atoms with Crippen LogP contribution in [-0.4, -0.2) is 18.3 Å². The molecule has 0 heterocycles. The van der Waals surface area contributed by atoms with E-state index < -0.39 is 0 Å². The van der Waals surface area contributed by atoms with Crippen LogP contribution in [0.25, 0.3) is 0 Å². The second kappa shape index (κ2) is 8.91. The third kappa shape index (κ3) is 5.43. The van der Waals surface area contributed by atoms with Crippen LogP contribution in [0.5, 0.6) is 0 Å². The SMILES string of the molecule is CC(NCCOCc1ccc(Cl)cc1)c1cccc(CO)c1. The summed E-state index contributed by atoms with van der Waals surface area (Å²) in [6.07, 6.45) is 0. The Bertz CT molecular complexity index is 572. The van der Waals surface area contributed by atoms with Crippen molar-refractivity contribution in [3.63, 3.8) is 0 Å². The maximum atomic E-state index is 9.17. The Morgan fingerprint density at radius 1 is 1.14 bits per heavy atom. The first kappa shape index (κ1) is 17.0. The highest BCUT2D eigenvalue weighted by Gasteiger charge is 2.05. The molecule has 0 amide bonds. The Morgan fingerprint density at radius 3 is 2.64 bits per heavy atom. The molecule has 1 atom stereocenters. The molecule has 1 unspecified atom stereocenters. The lowest BCUT2D eigenvalue weighted by molar-refractivity contribution is 0.121. The molecule has 0 bridgehead atoms. The second-order valence-electron chi connectivity index (χ2n) is 5.26. The molecule has 0 aliphatic rings. The van der Waals surface area contributed by atoms with E-state index in [9.17, 15) is 0 Å². The van der Waals surface area contributed by atoms with Crippen molar-refractivity contribution in [1.82, 2.24) is 5.32 Å². The van der Waals surface area contributed by atoms with Crippen molar-refractivity contribution < 1.29 is 9.84 Å². The van der Waals surface area contributed by atoms with Crippen LogP contribution in [0.15, 0.2) is 48.5 Å². The maximum absolute atomic E-state index is 9.17. The average Bonchev–Trinajstić information content (AvgIpc) is 2.56. The number of hydrogen-bond donors (Lipinski definition) is 2.